The largest absolute Gasteiger partial charge is 0.493 e. The smallest absolute Gasteiger partial charge is 0.418 e. The molecule has 1 amide bonds. The Balaban J connectivity index is 2.03. The minimum absolute atomic E-state index is 0.170. The van der Waals surface area contributed by atoms with E-state index in [1.165, 1.54) is 57.9 Å². The fourth-order valence-corrected chi connectivity index (χ4v) is 2.92. The predicted molar refractivity (Wildman–Crippen MR) is 101 cm³/mol. The number of anilines is 1. The van der Waals surface area contributed by atoms with Crippen molar-refractivity contribution in [3.63, 3.8) is 0 Å². The molecule has 0 aliphatic carbocycles. The molecule has 0 saturated heterocycles. The van der Waals surface area contributed by atoms with Gasteiger partial charge in [0.25, 0.3) is 5.91 Å². The average molecular weight is 406 g/mol. The molecule has 3 rings (SSSR count). The number of hydrogen-bond donors (Lipinski definition) is 1. The van der Waals surface area contributed by atoms with Crippen molar-refractivity contribution in [2.45, 2.75) is 6.18 Å². The first-order valence-electron chi connectivity index (χ1n) is 8.36. The molecule has 0 unspecified atom stereocenters. The van der Waals surface area contributed by atoms with Gasteiger partial charge in [-0.05, 0) is 24.3 Å². The Morgan fingerprint density at radius 2 is 1.66 bits per heavy atom. The third-order valence-electron chi connectivity index (χ3n) is 4.25. The summed E-state index contributed by atoms with van der Waals surface area (Å²) in [6.07, 6.45) is -3.35. The number of rotatable bonds is 5. The highest BCUT2D eigenvalue weighted by molar-refractivity contribution is 6.09. The van der Waals surface area contributed by atoms with E-state index in [4.69, 9.17) is 14.2 Å². The van der Waals surface area contributed by atoms with Gasteiger partial charge in [-0.15, -0.1) is 0 Å². The lowest BCUT2D eigenvalue weighted by Crippen LogP contribution is -2.14. The maximum Gasteiger partial charge on any atom is 0.418 e. The number of methoxy groups -OCH3 is 3. The molecule has 6 nitrogen and oxygen atoms in total. The number of alkyl halides is 3. The van der Waals surface area contributed by atoms with Gasteiger partial charge in [0.2, 0.25) is 5.75 Å². The molecule has 152 valence electrons. The molecule has 0 bridgehead atoms. The molecule has 3 aromatic rings. The second-order valence-electron chi connectivity index (χ2n) is 5.93. The van der Waals surface area contributed by atoms with E-state index in [1.54, 1.807) is 0 Å². The number of carbonyl (C=O) groups is 1. The van der Waals surface area contributed by atoms with Gasteiger partial charge in [0.05, 0.1) is 38.1 Å². The van der Waals surface area contributed by atoms with Gasteiger partial charge in [-0.1, -0.05) is 12.1 Å². The van der Waals surface area contributed by atoms with Crippen molar-refractivity contribution in [1.82, 2.24) is 4.98 Å². The normalized spacial score (nSPS) is 11.2. The Labute approximate surface area is 164 Å². The summed E-state index contributed by atoms with van der Waals surface area (Å²) in [6, 6.07) is 7.99. The van der Waals surface area contributed by atoms with Gasteiger partial charge in [-0.25, -0.2) is 0 Å². The summed E-state index contributed by atoms with van der Waals surface area (Å²) < 4.78 is 55.4. The number of carbonyl (C=O) groups excluding carboxylic acids is 1. The van der Waals surface area contributed by atoms with Gasteiger partial charge >= 0.3 is 6.18 Å². The van der Waals surface area contributed by atoms with E-state index in [9.17, 15) is 18.0 Å². The van der Waals surface area contributed by atoms with Crippen LogP contribution < -0.4 is 19.5 Å². The van der Waals surface area contributed by atoms with E-state index in [0.29, 0.717) is 5.75 Å². The van der Waals surface area contributed by atoms with Crippen LogP contribution in [0.2, 0.25) is 0 Å². The topological polar surface area (TPSA) is 69.7 Å². The number of amides is 1. The van der Waals surface area contributed by atoms with Crippen LogP contribution in [0.3, 0.4) is 0 Å². The average Bonchev–Trinajstić information content (AvgIpc) is 2.71. The molecule has 0 fully saturated rings. The van der Waals surface area contributed by atoms with Crippen molar-refractivity contribution >= 4 is 22.5 Å². The number of nitrogens with zero attached hydrogens (tertiary/aromatic N) is 1. The van der Waals surface area contributed by atoms with Crippen molar-refractivity contribution in [1.29, 1.82) is 0 Å². The van der Waals surface area contributed by atoms with E-state index in [0.717, 1.165) is 6.07 Å². The second kappa shape index (κ2) is 7.86. The third-order valence-corrected chi connectivity index (χ3v) is 4.25. The zero-order valence-corrected chi connectivity index (χ0v) is 15.8. The van der Waals surface area contributed by atoms with Crippen LogP contribution in [-0.4, -0.2) is 32.2 Å². The van der Waals surface area contributed by atoms with Crippen LogP contribution in [0, 0.1) is 0 Å². The molecule has 1 aromatic heterocycles. The van der Waals surface area contributed by atoms with Gasteiger partial charge in [0, 0.05) is 17.1 Å². The lowest BCUT2D eigenvalue weighted by atomic mass is 10.1. The molecular formula is C20H17F3N2O4. The molecular weight excluding hydrogens is 389 g/mol. The predicted octanol–water partition coefficient (Wildman–Crippen LogP) is 4.53. The van der Waals surface area contributed by atoms with Crippen LogP contribution in [0.25, 0.3) is 10.9 Å². The number of nitrogens with one attached hydrogen (secondary N) is 1. The summed E-state index contributed by atoms with van der Waals surface area (Å²) >= 11 is 0. The van der Waals surface area contributed by atoms with Crippen LogP contribution >= 0.6 is 0 Å². The monoisotopic (exact) mass is 406 g/mol. The Morgan fingerprint density at radius 1 is 1.00 bits per heavy atom. The molecule has 1 N–H and O–H groups in total. The summed E-state index contributed by atoms with van der Waals surface area (Å²) in [6.45, 7) is 0. The summed E-state index contributed by atoms with van der Waals surface area (Å²) in [5, 5.41) is 2.79. The molecule has 1 heterocycles. The fourth-order valence-electron chi connectivity index (χ4n) is 2.92. The van der Waals surface area contributed by atoms with Gasteiger partial charge < -0.3 is 19.5 Å². The second-order valence-corrected chi connectivity index (χ2v) is 5.93. The Kier molecular flexibility index (Phi) is 5.49. The van der Waals surface area contributed by atoms with E-state index in [2.05, 4.69) is 10.3 Å². The first-order chi connectivity index (χ1) is 13.8. The summed E-state index contributed by atoms with van der Waals surface area (Å²) in [5.41, 5.74) is -0.752. The fraction of sp³-hybridized carbons (Fsp3) is 0.200. The number of ether oxygens (including phenoxy) is 3. The molecule has 0 aliphatic rings. The van der Waals surface area contributed by atoms with Crippen LogP contribution in [0.5, 0.6) is 17.2 Å². The van der Waals surface area contributed by atoms with Crippen LogP contribution in [0.15, 0.2) is 42.6 Å². The SMILES string of the molecule is COc1cc(C(=O)Nc2ccnc3c(C(F)(F)F)cccc23)cc(OC)c1OC. The zero-order chi connectivity index (χ0) is 21.2. The number of para-hydroxylation sites is 1. The quantitative estimate of drug-likeness (QED) is 0.674. The van der Waals surface area contributed by atoms with Gasteiger partial charge in [0.1, 0.15) is 0 Å². The number of hydrogen-bond acceptors (Lipinski definition) is 5. The molecule has 2 aromatic carbocycles. The highest BCUT2D eigenvalue weighted by atomic mass is 19.4. The molecule has 0 spiro atoms. The van der Waals surface area contributed by atoms with Gasteiger partial charge in [-0.3, -0.25) is 9.78 Å². The zero-order valence-electron chi connectivity index (χ0n) is 15.8. The van der Waals surface area contributed by atoms with E-state index >= 15 is 0 Å². The van der Waals surface area contributed by atoms with Crippen molar-refractivity contribution in [2.24, 2.45) is 0 Å². The van der Waals surface area contributed by atoms with Gasteiger partial charge in [0.15, 0.2) is 11.5 Å². The minimum atomic E-state index is -4.56. The summed E-state index contributed by atoms with van der Waals surface area (Å²) in [7, 11) is 4.25. The van der Waals surface area contributed by atoms with Crippen LogP contribution in [0.4, 0.5) is 18.9 Å². The van der Waals surface area contributed by atoms with Crippen molar-refractivity contribution in [2.75, 3.05) is 26.6 Å². The lowest BCUT2D eigenvalue weighted by molar-refractivity contribution is -0.136. The number of aromatic nitrogens is 1. The highest BCUT2D eigenvalue weighted by Crippen LogP contribution is 2.39. The summed E-state index contributed by atoms with van der Waals surface area (Å²) in [5.74, 6) is 0.303. The Hall–Kier alpha value is -3.49. The first-order valence-corrected chi connectivity index (χ1v) is 8.36. The number of halogens is 3. The molecule has 0 saturated carbocycles. The van der Waals surface area contributed by atoms with Crippen molar-refractivity contribution in [3.05, 3.63) is 53.7 Å². The molecule has 0 radical (unpaired) electrons. The standard InChI is InChI=1S/C20H17F3N2O4/c1-27-15-9-11(10-16(28-2)18(15)29-3)19(26)25-14-7-8-24-17-12(14)5-4-6-13(17)20(21,22)23/h4-10H,1-3H3,(H,24,25,26). The Bertz CT molecular complexity index is 1040. The van der Waals surface area contributed by atoms with Crippen LogP contribution in [0.1, 0.15) is 15.9 Å². The summed E-state index contributed by atoms with van der Waals surface area (Å²) in [4.78, 5) is 16.6. The van der Waals surface area contributed by atoms with E-state index < -0.39 is 17.6 Å². The maximum absolute atomic E-state index is 13.2. The van der Waals surface area contributed by atoms with Gasteiger partial charge in [-0.2, -0.15) is 13.2 Å². The van der Waals surface area contributed by atoms with Crippen molar-refractivity contribution in [3.8, 4) is 17.2 Å². The first kappa shape index (κ1) is 20.2. The maximum atomic E-state index is 13.2. The number of benzene rings is 2. The molecule has 0 atom stereocenters. The van der Waals surface area contributed by atoms with Crippen molar-refractivity contribution < 1.29 is 32.2 Å². The minimum Gasteiger partial charge on any atom is -0.493 e. The Morgan fingerprint density at radius 3 is 2.21 bits per heavy atom. The lowest BCUT2D eigenvalue weighted by Gasteiger charge is -2.15. The molecule has 29 heavy (non-hydrogen) atoms. The molecule has 9 heteroatoms. The van der Waals surface area contributed by atoms with E-state index in [1.807, 2.05) is 0 Å². The van der Waals surface area contributed by atoms with Crippen LogP contribution in [-0.2, 0) is 6.18 Å². The highest BCUT2D eigenvalue weighted by Gasteiger charge is 2.33. The third kappa shape index (κ3) is 3.89. The number of pyridine rings is 1. The van der Waals surface area contributed by atoms with E-state index in [-0.39, 0.29) is 33.7 Å². The molecule has 0 aliphatic heterocycles. The number of fused-ring (bicyclic) bond motifs is 1.